The molecule has 0 radical (unpaired) electrons. The van der Waals surface area contributed by atoms with Crippen molar-refractivity contribution >= 4 is 11.6 Å². The van der Waals surface area contributed by atoms with Crippen molar-refractivity contribution in [2.75, 3.05) is 24.5 Å². The molecule has 1 aliphatic heterocycles. The predicted molar refractivity (Wildman–Crippen MR) is 69.0 cm³/mol. The van der Waals surface area contributed by atoms with E-state index in [1.165, 1.54) is 5.56 Å². The van der Waals surface area contributed by atoms with Gasteiger partial charge in [0.1, 0.15) is 6.04 Å². The Hall–Kier alpha value is -1.55. The third-order valence-electron chi connectivity index (χ3n) is 3.20. The van der Waals surface area contributed by atoms with Gasteiger partial charge in [-0.25, -0.2) is 0 Å². The summed E-state index contributed by atoms with van der Waals surface area (Å²) in [6.45, 7) is 4.01. The van der Waals surface area contributed by atoms with Crippen molar-refractivity contribution in [3.05, 3.63) is 29.8 Å². The molecular formula is C13H19N3O. The minimum absolute atomic E-state index is 0.0354. The molecule has 92 valence electrons. The summed E-state index contributed by atoms with van der Waals surface area (Å²) in [5, 5.41) is 2.90. The molecule has 1 saturated heterocycles. The lowest BCUT2D eigenvalue weighted by atomic mass is 10.1. The minimum Gasteiger partial charge on any atom is -0.358 e. The highest BCUT2D eigenvalue weighted by molar-refractivity contribution is 5.86. The fourth-order valence-electron chi connectivity index (χ4n) is 2.28. The van der Waals surface area contributed by atoms with Gasteiger partial charge < -0.3 is 16.0 Å². The molecule has 0 spiro atoms. The van der Waals surface area contributed by atoms with Crippen molar-refractivity contribution in [3.63, 3.8) is 0 Å². The Morgan fingerprint density at radius 3 is 2.94 bits per heavy atom. The van der Waals surface area contributed by atoms with Gasteiger partial charge in [0, 0.05) is 25.3 Å². The van der Waals surface area contributed by atoms with Crippen LogP contribution in [-0.4, -0.2) is 31.6 Å². The van der Waals surface area contributed by atoms with E-state index < -0.39 is 0 Å². The lowest BCUT2D eigenvalue weighted by Gasteiger charge is -2.30. The fourth-order valence-corrected chi connectivity index (χ4v) is 2.28. The number of nitrogens with one attached hydrogen (secondary N) is 1. The molecule has 2 rings (SSSR count). The number of nitrogens with zero attached hydrogens (tertiary/aromatic N) is 1. The summed E-state index contributed by atoms with van der Waals surface area (Å²) < 4.78 is 0. The fraction of sp³-hybridized carbons (Fsp3) is 0.462. The van der Waals surface area contributed by atoms with Crippen LogP contribution < -0.4 is 16.0 Å². The van der Waals surface area contributed by atoms with Gasteiger partial charge in [0.05, 0.1) is 0 Å². The van der Waals surface area contributed by atoms with Crippen LogP contribution in [0.15, 0.2) is 24.3 Å². The van der Waals surface area contributed by atoms with E-state index in [-0.39, 0.29) is 11.9 Å². The van der Waals surface area contributed by atoms with Crippen LogP contribution in [0.25, 0.3) is 0 Å². The summed E-state index contributed by atoms with van der Waals surface area (Å²) in [5.74, 6) is 0.0354. The summed E-state index contributed by atoms with van der Waals surface area (Å²) in [4.78, 5) is 14.0. The van der Waals surface area contributed by atoms with Crippen molar-refractivity contribution < 1.29 is 4.79 Å². The van der Waals surface area contributed by atoms with Gasteiger partial charge in [-0.3, -0.25) is 4.79 Å². The highest BCUT2D eigenvalue weighted by Crippen LogP contribution is 2.22. The molecule has 0 aliphatic carbocycles. The first-order chi connectivity index (χ1) is 8.24. The maximum absolute atomic E-state index is 11.9. The predicted octanol–water partition coefficient (Wildman–Crippen LogP) is 0.649. The monoisotopic (exact) mass is 233 g/mol. The second-order valence-corrected chi connectivity index (χ2v) is 4.38. The summed E-state index contributed by atoms with van der Waals surface area (Å²) in [5.41, 5.74) is 8.03. The van der Waals surface area contributed by atoms with Crippen LogP contribution in [0.4, 0.5) is 5.69 Å². The molecule has 1 atom stereocenters. The topological polar surface area (TPSA) is 58.4 Å². The van der Waals surface area contributed by atoms with Crippen molar-refractivity contribution in [1.29, 1.82) is 0 Å². The second kappa shape index (κ2) is 5.19. The Kier molecular flexibility index (Phi) is 3.64. The highest BCUT2D eigenvalue weighted by atomic mass is 16.2. The number of anilines is 1. The third kappa shape index (κ3) is 2.42. The Morgan fingerprint density at radius 1 is 1.47 bits per heavy atom. The average Bonchev–Trinajstić information content (AvgIpc) is 2.51. The number of hydrogen-bond donors (Lipinski definition) is 2. The number of hydrogen-bond acceptors (Lipinski definition) is 3. The van der Waals surface area contributed by atoms with Crippen LogP contribution >= 0.6 is 0 Å². The maximum atomic E-state index is 11.9. The summed E-state index contributed by atoms with van der Waals surface area (Å²) >= 11 is 0. The number of carbonyl (C=O) groups excluding carboxylic acids is 1. The van der Waals surface area contributed by atoms with Gasteiger partial charge in [0.15, 0.2) is 0 Å². The van der Waals surface area contributed by atoms with Gasteiger partial charge in [-0.05, 0) is 25.0 Å². The number of aryl methyl sites for hydroxylation is 1. The zero-order valence-corrected chi connectivity index (χ0v) is 10.1. The Balaban J connectivity index is 2.34. The van der Waals surface area contributed by atoms with E-state index in [4.69, 9.17) is 5.73 Å². The largest absolute Gasteiger partial charge is 0.358 e. The van der Waals surface area contributed by atoms with E-state index in [1.807, 2.05) is 12.1 Å². The van der Waals surface area contributed by atoms with Gasteiger partial charge in [0.2, 0.25) is 5.91 Å². The first-order valence-corrected chi connectivity index (χ1v) is 6.04. The first kappa shape index (κ1) is 11.9. The lowest BCUT2D eigenvalue weighted by molar-refractivity contribution is -0.121. The van der Waals surface area contributed by atoms with E-state index in [0.717, 1.165) is 25.2 Å². The second-order valence-electron chi connectivity index (χ2n) is 4.38. The normalized spacial score (nSPS) is 20.9. The molecule has 4 nitrogen and oxygen atoms in total. The summed E-state index contributed by atoms with van der Waals surface area (Å²) in [7, 11) is 0. The molecule has 1 aromatic carbocycles. The minimum atomic E-state index is -0.251. The molecule has 1 heterocycles. The molecule has 0 aromatic heterocycles. The highest BCUT2D eigenvalue weighted by Gasteiger charge is 2.27. The number of rotatable bonds is 2. The molecule has 0 bridgehead atoms. The first-order valence-electron chi connectivity index (χ1n) is 6.04. The van der Waals surface area contributed by atoms with Crippen molar-refractivity contribution in [3.8, 4) is 0 Å². The van der Waals surface area contributed by atoms with E-state index >= 15 is 0 Å². The molecule has 1 amide bonds. The molecule has 3 N–H and O–H groups in total. The quantitative estimate of drug-likeness (QED) is 0.788. The lowest BCUT2D eigenvalue weighted by Crippen LogP contribution is -2.49. The molecule has 17 heavy (non-hydrogen) atoms. The van der Waals surface area contributed by atoms with Crippen molar-refractivity contribution in [2.24, 2.45) is 5.73 Å². The molecule has 1 fully saturated rings. The number of carbonyl (C=O) groups is 1. The van der Waals surface area contributed by atoms with Crippen LogP contribution in [0.2, 0.25) is 0 Å². The van der Waals surface area contributed by atoms with E-state index in [9.17, 15) is 4.79 Å². The van der Waals surface area contributed by atoms with Crippen LogP contribution in [0, 0.1) is 6.92 Å². The Labute approximate surface area is 102 Å². The van der Waals surface area contributed by atoms with Crippen molar-refractivity contribution in [1.82, 2.24) is 5.32 Å². The third-order valence-corrected chi connectivity index (χ3v) is 3.20. The Morgan fingerprint density at radius 2 is 2.24 bits per heavy atom. The molecule has 4 heteroatoms. The van der Waals surface area contributed by atoms with Gasteiger partial charge in [-0.2, -0.15) is 0 Å². The summed E-state index contributed by atoms with van der Waals surface area (Å²) in [6.07, 6.45) is 0.955. The van der Waals surface area contributed by atoms with Crippen LogP contribution in [0.1, 0.15) is 12.0 Å². The number of nitrogens with two attached hydrogens (primary N) is 1. The van der Waals surface area contributed by atoms with Gasteiger partial charge in [-0.1, -0.05) is 18.2 Å². The van der Waals surface area contributed by atoms with Crippen molar-refractivity contribution in [2.45, 2.75) is 19.4 Å². The standard InChI is InChI=1S/C13H19N3O/c1-10-5-2-3-6-11(10)16-8-4-7-15-13(17)12(16)9-14/h2-3,5-6,12H,4,7-9,14H2,1H3,(H,15,17). The van der Waals surface area contributed by atoms with Crippen LogP contribution in [0.5, 0.6) is 0 Å². The van der Waals surface area contributed by atoms with Gasteiger partial charge in [0.25, 0.3) is 0 Å². The zero-order valence-electron chi connectivity index (χ0n) is 10.1. The molecule has 1 aliphatic rings. The van der Waals surface area contributed by atoms with E-state index in [2.05, 4.69) is 29.3 Å². The number of para-hydroxylation sites is 1. The molecular weight excluding hydrogens is 214 g/mol. The molecule has 1 aromatic rings. The zero-order chi connectivity index (χ0) is 12.3. The van der Waals surface area contributed by atoms with E-state index in [1.54, 1.807) is 0 Å². The number of amides is 1. The maximum Gasteiger partial charge on any atom is 0.244 e. The Bertz CT molecular complexity index is 405. The SMILES string of the molecule is Cc1ccccc1N1CCCNC(=O)C1CN. The molecule has 1 unspecified atom stereocenters. The average molecular weight is 233 g/mol. The van der Waals surface area contributed by atoms with Gasteiger partial charge in [-0.15, -0.1) is 0 Å². The van der Waals surface area contributed by atoms with Crippen LogP contribution in [-0.2, 0) is 4.79 Å². The molecule has 0 saturated carbocycles. The van der Waals surface area contributed by atoms with E-state index in [0.29, 0.717) is 6.54 Å². The van der Waals surface area contributed by atoms with Crippen LogP contribution in [0.3, 0.4) is 0 Å². The number of benzene rings is 1. The summed E-state index contributed by atoms with van der Waals surface area (Å²) in [6, 6.07) is 7.87. The van der Waals surface area contributed by atoms with Gasteiger partial charge >= 0.3 is 0 Å². The smallest absolute Gasteiger partial charge is 0.244 e.